The molecular formula is C13H27N2O4S+. The van der Waals surface area contributed by atoms with Gasteiger partial charge in [-0.15, -0.1) is 0 Å². The maximum atomic E-state index is 11.0. The molecule has 0 aromatic rings. The van der Waals surface area contributed by atoms with Crippen LogP contribution in [-0.4, -0.2) is 62.8 Å². The normalized spacial score (nSPS) is 12.2. The van der Waals surface area contributed by atoms with Gasteiger partial charge in [0.1, 0.15) is 0 Å². The Morgan fingerprint density at radius 3 is 2.35 bits per heavy atom. The van der Waals surface area contributed by atoms with Crippen LogP contribution in [0.25, 0.3) is 0 Å². The molecule has 0 aliphatic heterocycles. The van der Waals surface area contributed by atoms with Gasteiger partial charge in [-0.3, -0.25) is 9.35 Å². The summed E-state index contributed by atoms with van der Waals surface area (Å²) in [6.45, 7) is 5.91. The highest BCUT2D eigenvalue weighted by Gasteiger charge is 2.14. The van der Waals surface area contributed by atoms with Gasteiger partial charge in [-0.2, -0.15) is 8.42 Å². The summed E-state index contributed by atoms with van der Waals surface area (Å²) >= 11 is 0. The van der Waals surface area contributed by atoms with Crippen molar-refractivity contribution in [2.45, 2.75) is 25.7 Å². The van der Waals surface area contributed by atoms with Crippen LogP contribution in [0.15, 0.2) is 12.7 Å². The molecule has 0 fully saturated rings. The number of nitrogens with one attached hydrogen (secondary N) is 1. The Morgan fingerprint density at radius 2 is 1.80 bits per heavy atom. The van der Waals surface area contributed by atoms with Crippen molar-refractivity contribution in [2.24, 2.45) is 0 Å². The SMILES string of the molecule is C=CC(=O)NCCC[N+](C)(C)CCCCCS(=O)(=O)O. The average Bonchev–Trinajstić information content (AvgIpc) is 2.32. The van der Waals surface area contributed by atoms with Gasteiger partial charge in [0.05, 0.1) is 32.9 Å². The standard InChI is InChI=1S/C13H26N2O4S/c1-4-13(16)14-9-8-11-15(2,3)10-6-5-7-12-20(17,18)19/h4H,1,5-12H2,2-3H3,(H-,14,16,17,18,19)/p+1. The summed E-state index contributed by atoms with van der Waals surface area (Å²) in [6.07, 6.45) is 4.34. The summed E-state index contributed by atoms with van der Waals surface area (Å²) in [5, 5.41) is 2.74. The van der Waals surface area contributed by atoms with E-state index in [0.29, 0.717) is 13.0 Å². The number of unbranched alkanes of at least 4 members (excludes halogenated alkanes) is 2. The molecule has 0 rings (SSSR count). The van der Waals surface area contributed by atoms with Crippen molar-refractivity contribution in [2.75, 3.05) is 39.5 Å². The fraction of sp³-hybridized carbons (Fsp3) is 0.769. The van der Waals surface area contributed by atoms with Gasteiger partial charge in [0.25, 0.3) is 10.1 Å². The molecule has 0 aromatic carbocycles. The Bertz CT molecular complexity index is 405. The zero-order valence-electron chi connectivity index (χ0n) is 12.5. The fourth-order valence-electron chi connectivity index (χ4n) is 1.90. The number of hydrogen-bond acceptors (Lipinski definition) is 3. The number of hydrogen-bond donors (Lipinski definition) is 2. The molecule has 0 saturated carbocycles. The summed E-state index contributed by atoms with van der Waals surface area (Å²) in [7, 11) is 0.397. The second-order valence-corrected chi connectivity index (χ2v) is 7.15. The van der Waals surface area contributed by atoms with Crippen LogP contribution in [0.1, 0.15) is 25.7 Å². The molecule has 2 N–H and O–H groups in total. The molecule has 0 saturated heterocycles. The van der Waals surface area contributed by atoms with E-state index in [4.69, 9.17) is 4.55 Å². The molecule has 0 unspecified atom stereocenters. The third kappa shape index (κ3) is 12.1. The van der Waals surface area contributed by atoms with Gasteiger partial charge in [-0.1, -0.05) is 6.58 Å². The first kappa shape index (κ1) is 19.1. The van der Waals surface area contributed by atoms with Gasteiger partial charge >= 0.3 is 0 Å². The summed E-state index contributed by atoms with van der Waals surface area (Å²) in [5.41, 5.74) is 0. The molecule has 0 aliphatic rings. The first-order valence-electron chi connectivity index (χ1n) is 6.84. The van der Waals surface area contributed by atoms with E-state index in [-0.39, 0.29) is 11.7 Å². The van der Waals surface area contributed by atoms with Crippen LogP contribution in [0.4, 0.5) is 0 Å². The van der Waals surface area contributed by atoms with Crippen molar-refractivity contribution in [1.82, 2.24) is 5.32 Å². The molecule has 0 bridgehead atoms. The van der Waals surface area contributed by atoms with E-state index in [1.54, 1.807) is 0 Å². The third-order valence-corrected chi connectivity index (χ3v) is 3.90. The summed E-state index contributed by atoms with van der Waals surface area (Å²) < 4.78 is 30.6. The molecule has 0 aliphatic carbocycles. The van der Waals surface area contributed by atoms with Crippen molar-refractivity contribution in [3.05, 3.63) is 12.7 Å². The highest BCUT2D eigenvalue weighted by atomic mass is 32.2. The Hall–Kier alpha value is -0.920. The van der Waals surface area contributed by atoms with Crippen molar-refractivity contribution in [1.29, 1.82) is 0 Å². The topological polar surface area (TPSA) is 83.5 Å². The minimum atomic E-state index is -3.82. The molecule has 6 nitrogen and oxygen atoms in total. The van der Waals surface area contributed by atoms with E-state index in [1.807, 2.05) is 0 Å². The maximum absolute atomic E-state index is 11.0. The molecule has 0 spiro atoms. The monoisotopic (exact) mass is 307 g/mol. The number of carbonyl (C=O) groups is 1. The molecule has 1 amide bonds. The van der Waals surface area contributed by atoms with Crippen LogP contribution >= 0.6 is 0 Å². The van der Waals surface area contributed by atoms with Gasteiger partial charge < -0.3 is 9.80 Å². The van der Waals surface area contributed by atoms with Crippen molar-refractivity contribution >= 4 is 16.0 Å². The third-order valence-electron chi connectivity index (χ3n) is 3.09. The van der Waals surface area contributed by atoms with E-state index in [9.17, 15) is 13.2 Å². The minimum absolute atomic E-state index is 0.152. The lowest BCUT2D eigenvalue weighted by molar-refractivity contribution is -0.890. The maximum Gasteiger partial charge on any atom is 0.264 e. The Morgan fingerprint density at radius 1 is 1.20 bits per heavy atom. The molecular weight excluding hydrogens is 280 g/mol. The second-order valence-electron chi connectivity index (χ2n) is 5.58. The molecule has 20 heavy (non-hydrogen) atoms. The van der Waals surface area contributed by atoms with Crippen LogP contribution in [0, 0.1) is 0 Å². The van der Waals surface area contributed by atoms with Crippen molar-refractivity contribution in [3.63, 3.8) is 0 Å². The van der Waals surface area contributed by atoms with Gasteiger partial charge in [0, 0.05) is 13.0 Å². The number of quaternary nitrogens is 1. The quantitative estimate of drug-likeness (QED) is 0.256. The van der Waals surface area contributed by atoms with E-state index >= 15 is 0 Å². The number of nitrogens with zero attached hydrogens (tertiary/aromatic N) is 1. The van der Waals surface area contributed by atoms with Crippen LogP contribution in [0.2, 0.25) is 0 Å². The van der Waals surface area contributed by atoms with Crippen LogP contribution in [0.3, 0.4) is 0 Å². The van der Waals surface area contributed by atoms with Crippen molar-refractivity contribution in [3.8, 4) is 0 Å². The van der Waals surface area contributed by atoms with Gasteiger partial charge in [-0.25, -0.2) is 0 Å². The van der Waals surface area contributed by atoms with E-state index in [2.05, 4.69) is 26.0 Å². The van der Waals surface area contributed by atoms with E-state index < -0.39 is 10.1 Å². The Balaban J connectivity index is 3.68. The number of carbonyl (C=O) groups excluding carboxylic acids is 1. The van der Waals surface area contributed by atoms with Gasteiger partial charge in [-0.05, 0) is 25.3 Å². The van der Waals surface area contributed by atoms with Crippen LogP contribution in [0.5, 0.6) is 0 Å². The minimum Gasteiger partial charge on any atom is -0.352 e. The van der Waals surface area contributed by atoms with Gasteiger partial charge in [0.2, 0.25) is 5.91 Å². The average molecular weight is 307 g/mol. The summed E-state index contributed by atoms with van der Waals surface area (Å²) in [5.74, 6) is -0.311. The lowest BCUT2D eigenvalue weighted by atomic mass is 10.2. The van der Waals surface area contributed by atoms with E-state index in [0.717, 1.165) is 36.8 Å². The van der Waals surface area contributed by atoms with Gasteiger partial charge in [0.15, 0.2) is 0 Å². The Labute approximate surface area is 122 Å². The zero-order chi connectivity index (χ0) is 15.6. The second kappa shape index (κ2) is 9.10. The smallest absolute Gasteiger partial charge is 0.264 e. The number of amides is 1. The number of rotatable bonds is 11. The molecule has 0 aromatic heterocycles. The van der Waals surface area contributed by atoms with Crippen LogP contribution in [-0.2, 0) is 14.9 Å². The molecule has 7 heteroatoms. The lowest BCUT2D eigenvalue weighted by Gasteiger charge is -2.29. The molecule has 118 valence electrons. The lowest BCUT2D eigenvalue weighted by Crippen LogP contribution is -2.42. The van der Waals surface area contributed by atoms with Crippen molar-refractivity contribution < 1.29 is 22.2 Å². The predicted octanol–water partition coefficient (Wildman–Crippen LogP) is 0.813. The first-order valence-corrected chi connectivity index (χ1v) is 8.45. The summed E-state index contributed by atoms with van der Waals surface area (Å²) in [4.78, 5) is 11.0. The van der Waals surface area contributed by atoms with Crippen LogP contribution < -0.4 is 5.32 Å². The largest absolute Gasteiger partial charge is 0.352 e. The summed E-state index contributed by atoms with van der Waals surface area (Å²) in [6, 6.07) is 0. The van der Waals surface area contributed by atoms with E-state index in [1.165, 1.54) is 6.08 Å². The highest BCUT2D eigenvalue weighted by Crippen LogP contribution is 2.05. The molecule has 0 atom stereocenters. The highest BCUT2D eigenvalue weighted by molar-refractivity contribution is 7.85. The zero-order valence-corrected chi connectivity index (χ0v) is 13.3. The molecule has 0 heterocycles. The predicted molar refractivity (Wildman–Crippen MR) is 79.9 cm³/mol. The fourth-order valence-corrected chi connectivity index (χ4v) is 2.47. The Kier molecular flexibility index (Phi) is 8.68. The first-order chi connectivity index (χ1) is 9.16. The molecule has 0 radical (unpaired) electrons.